The van der Waals surface area contributed by atoms with E-state index in [9.17, 15) is 26.7 Å². The van der Waals surface area contributed by atoms with E-state index in [4.69, 9.17) is 12.2 Å². The van der Waals surface area contributed by atoms with E-state index >= 15 is 0 Å². The van der Waals surface area contributed by atoms with Crippen molar-refractivity contribution < 1.29 is 26.7 Å². The zero-order valence-electron chi connectivity index (χ0n) is 19.6. The van der Waals surface area contributed by atoms with Crippen LogP contribution in [0.15, 0.2) is 77.7 Å². The number of sulfonamides is 1. The number of alkyl halides is 3. The molecule has 2 aromatic rings. The molecule has 10 heteroatoms. The van der Waals surface area contributed by atoms with Crippen LogP contribution in [0.25, 0.3) is 0 Å². The van der Waals surface area contributed by atoms with Crippen LogP contribution in [0.3, 0.4) is 0 Å². The van der Waals surface area contributed by atoms with Crippen LogP contribution in [-0.4, -0.2) is 54.5 Å². The van der Waals surface area contributed by atoms with Gasteiger partial charge in [-0.3, -0.25) is 0 Å². The van der Waals surface area contributed by atoms with Crippen LogP contribution >= 0.6 is 12.2 Å². The summed E-state index contributed by atoms with van der Waals surface area (Å²) < 4.78 is 68.1. The predicted molar refractivity (Wildman–Crippen MR) is 138 cm³/mol. The number of allylic oxidation sites excluding steroid dienone is 4. The van der Waals surface area contributed by atoms with Gasteiger partial charge in [-0.25, -0.2) is 8.42 Å². The second kappa shape index (κ2) is 10.1. The first kappa shape index (κ1) is 26.5. The van der Waals surface area contributed by atoms with Gasteiger partial charge in [0, 0.05) is 42.6 Å². The molecule has 0 spiro atoms. The maximum atomic E-state index is 13.4. The molecule has 5 nitrogen and oxygen atoms in total. The van der Waals surface area contributed by atoms with Crippen molar-refractivity contribution in [2.24, 2.45) is 0 Å². The van der Waals surface area contributed by atoms with E-state index in [0.29, 0.717) is 29.9 Å². The molecule has 36 heavy (non-hydrogen) atoms. The smallest absolute Gasteiger partial charge is 0.376 e. The molecule has 1 heterocycles. The Kier molecular flexibility index (Phi) is 7.43. The first-order valence-corrected chi connectivity index (χ1v) is 13.4. The van der Waals surface area contributed by atoms with Gasteiger partial charge in [0.1, 0.15) is 0 Å². The fourth-order valence-corrected chi connectivity index (χ4v) is 6.55. The van der Waals surface area contributed by atoms with Gasteiger partial charge in [-0.2, -0.15) is 17.5 Å². The number of nitrogens with zero attached hydrogens (tertiary/aromatic N) is 2. The highest BCUT2D eigenvalue weighted by atomic mass is 32.2. The minimum absolute atomic E-state index is 0.144. The van der Waals surface area contributed by atoms with Gasteiger partial charge in [0.15, 0.2) is 5.60 Å². The Labute approximate surface area is 214 Å². The first-order chi connectivity index (χ1) is 16.9. The summed E-state index contributed by atoms with van der Waals surface area (Å²) in [6, 6.07) is 15.0. The van der Waals surface area contributed by atoms with Crippen LogP contribution in [0.5, 0.6) is 0 Å². The molecule has 1 aliphatic carbocycles. The van der Waals surface area contributed by atoms with E-state index in [1.165, 1.54) is 22.5 Å². The van der Waals surface area contributed by atoms with Crippen LogP contribution in [0.4, 0.5) is 18.9 Å². The van der Waals surface area contributed by atoms with Crippen molar-refractivity contribution >= 4 is 32.8 Å². The van der Waals surface area contributed by atoms with Gasteiger partial charge >= 0.3 is 6.18 Å². The van der Waals surface area contributed by atoms with Gasteiger partial charge in [0.25, 0.3) is 0 Å². The van der Waals surface area contributed by atoms with Gasteiger partial charge in [-0.15, -0.1) is 0 Å². The van der Waals surface area contributed by atoms with Crippen LogP contribution in [-0.2, 0) is 22.0 Å². The number of thiocarbonyl (C=S) groups is 1. The molecule has 1 N–H and O–H groups in total. The molecule has 1 saturated heterocycles. The van der Waals surface area contributed by atoms with E-state index in [0.717, 1.165) is 12.5 Å². The van der Waals surface area contributed by atoms with Crippen molar-refractivity contribution in [3.05, 3.63) is 88.9 Å². The van der Waals surface area contributed by atoms with Crippen molar-refractivity contribution in [2.45, 2.75) is 37.6 Å². The molecule has 4 rings (SSSR count). The maximum Gasteiger partial charge on any atom is 0.421 e. The summed E-state index contributed by atoms with van der Waals surface area (Å²) in [6.45, 7) is 1.48. The number of hydrogen-bond acceptors (Lipinski definition) is 5. The Bertz CT molecular complexity index is 1270. The lowest BCUT2D eigenvalue weighted by atomic mass is 9.94. The van der Waals surface area contributed by atoms with Gasteiger partial charge in [-0.05, 0) is 42.7 Å². The molecular weight excluding hydrogens is 509 g/mol. The van der Waals surface area contributed by atoms with E-state index in [1.54, 1.807) is 18.2 Å². The molecule has 0 bridgehead atoms. The summed E-state index contributed by atoms with van der Waals surface area (Å²) in [4.78, 5) is 2.54. The standard InChI is InChI=1S/C26H27F3N2O3S2/c1-25(32,26(27,28)29)20-11-13-21(14-12-20)31-16-15-30(18-22(31)17-19-7-3-2-4-8-19)36(33,34)24-10-6-5-9-23(24)35/h2-8,10-14,22,32H,9,15-18H2,1H3/t22-,25?/m0/s1. The predicted octanol–water partition coefficient (Wildman–Crippen LogP) is 4.73. The topological polar surface area (TPSA) is 60.9 Å². The minimum Gasteiger partial charge on any atom is -0.376 e. The second-order valence-corrected chi connectivity index (χ2v) is 11.5. The summed E-state index contributed by atoms with van der Waals surface area (Å²) in [5.41, 5.74) is -1.56. The largest absolute Gasteiger partial charge is 0.421 e. The fourth-order valence-electron chi connectivity index (χ4n) is 4.48. The molecule has 1 aliphatic heterocycles. The highest BCUT2D eigenvalue weighted by molar-refractivity contribution is 7.96. The van der Waals surface area contributed by atoms with Gasteiger partial charge in [0.05, 0.1) is 4.91 Å². The van der Waals surface area contributed by atoms with Gasteiger partial charge in [-0.1, -0.05) is 66.8 Å². The molecule has 1 fully saturated rings. The van der Waals surface area contributed by atoms with E-state index < -0.39 is 21.8 Å². The average Bonchev–Trinajstić information content (AvgIpc) is 2.84. The number of benzene rings is 2. The quantitative estimate of drug-likeness (QED) is 0.541. The van der Waals surface area contributed by atoms with E-state index in [2.05, 4.69) is 0 Å². The third kappa shape index (κ3) is 5.27. The Hall–Kier alpha value is -2.53. The molecule has 0 saturated carbocycles. The van der Waals surface area contributed by atoms with E-state index in [1.807, 2.05) is 41.3 Å². The third-order valence-corrected chi connectivity index (χ3v) is 9.12. The van der Waals surface area contributed by atoms with Crippen LogP contribution in [0.1, 0.15) is 24.5 Å². The molecule has 2 aromatic carbocycles. The molecule has 1 unspecified atom stereocenters. The molecular formula is C26H27F3N2O3S2. The molecule has 192 valence electrons. The second-order valence-electron chi connectivity index (χ2n) is 9.10. The molecule has 0 aromatic heterocycles. The first-order valence-electron chi connectivity index (χ1n) is 11.5. The summed E-state index contributed by atoms with van der Waals surface area (Å²) in [6.07, 6.45) is 1.17. The monoisotopic (exact) mass is 536 g/mol. The average molecular weight is 537 g/mol. The van der Waals surface area contributed by atoms with Crippen molar-refractivity contribution in [3.63, 3.8) is 0 Å². The number of aliphatic hydroxyl groups is 1. The van der Waals surface area contributed by atoms with Crippen LogP contribution < -0.4 is 4.90 Å². The number of anilines is 1. The molecule has 2 atom stereocenters. The number of rotatable bonds is 6. The van der Waals surface area contributed by atoms with E-state index in [-0.39, 0.29) is 29.6 Å². The van der Waals surface area contributed by atoms with Crippen LogP contribution in [0.2, 0.25) is 0 Å². The highest BCUT2D eigenvalue weighted by Crippen LogP contribution is 2.39. The Morgan fingerprint density at radius 2 is 1.72 bits per heavy atom. The summed E-state index contributed by atoms with van der Waals surface area (Å²) in [5.74, 6) is 0. The Morgan fingerprint density at radius 3 is 2.33 bits per heavy atom. The lowest BCUT2D eigenvalue weighted by Crippen LogP contribution is -2.56. The lowest BCUT2D eigenvalue weighted by molar-refractivity contribution is -0.258. The zero-order chi connectivity index (χ0) is 26.1. The maximum absolute atomic E-state index is 13.4. The summed E-state index contributed by atoms with van der Waals surface area (Å²) >= 11 is 5.31. The molecule has 0 amide bonds. The van der Waals surface area contributed by atoms with Crippen LogP contribution in [0, 0.1) is 0 Å². The summed E-state index contributed by atoms with van der Waals surface area (Å²) in [5, 5.41) is 10.0. The SMILES string of the molecule is CC(O)(c1ccc(N2CCN(S(=O)(=O)C3=CC=CCC3=S)C[C@@H]2Cc2ccccc2)cc1)C(F)(F)F. The third-order valence-electron chi connectivity index (χ3n) is 6.65. The number of halogens is 3. The minimum atomic E-state index is -4.81. The summed E-state index contributed by atoms with van der Waals surface area (Å²) in [7, 11) is -3.79. The van der Waals surface area contributed by atoms with Crippen molar-refractivity contribution in [1.29, 1.82) is 0 Å². The Balaban J connectivity index is 1.63. The van der Waals surface area contributed by atoms with Crippen molar-refractivity contribution in [3.8, 4) is 0 Å². The molecule has 2 aliphatic rings. The fraction of sp³-hybridized carbons (Fsp3) is 0.346. The van der Waals surface area contributed by atoms with Gasteiger partial charge in [0.2, 0.25) is 10.0 Å². The van der Waals surface area contributed by atoms with Gasteiger partial charge < -0.3 is 10.0 Å². The zero-order valence-corrected chi connectivity index (χ0v) is 21.3. The highest BCUT2D eigenvalue weighted by Gasteiger charge is 2.51. The number of hydrogen-bond donors (Lipinski definition) is 1. The van der Waals surface area contributed by atoms with Crippen molar-refractivity contribution in [2.75, 3.05) is 24.5 Å². The number of piperazine rings is 1. The Morgan fingerprint density at radius 1 is 1.06 bits per heavy atom. The normalized spacial score (nSPS) is 21.2. The molecule has 0 radical (unpaired) electrons. The van der Waals surface area contributed by atoms with Crippen molar-refractivity contribution in [1.82, 2.24) is 4.31 Å². The lowest BCUT2D eigenvalue weighted by Gasteiger charge is -2.43.